The van der Waals surface area contributed by atoms with Crippen LogP contribution in [0.15, 0.2) is 0 Å². The van der Waals surface area contributed by atoms with Crippen LogP contribution >= 0.6 is 0 Å². The van der Waals surface area contributed by atoms with Gasteiger partial charge in [0.1, 0.15) is 6.61 Å². The second kappa shape index (κ2) is 7.22. The summed E-state index contributed by atoms with van der Waals surface area (Å²) < 4.78 is 5.30. The molecule has 1 saturated heterocycles. The molecule has 1 heterocycles. The molecule has 0 aromatic heterocycles. The minimum Gasteiger partial charge on any atom is -0.391 e. The van der Waals surface area contributed by atoms with E-state index in [9.17, 15) is 9.90 Å². The Kier molecular flexibility index (Phi) is 5.60. The van der Waals surface area contributed by atoms with E-state index < -0.39 is 0 Å². The highest BCUT2D eigenvalue weighted by Crippen LogP contribution is 2.25. The summed E-state index contributed by atoms with van der Waals surface area (Å²) in [7, 11) is 0. The van der Waals surface area contributed by atoms with Gasteiger partial charge in [0, 0.05) is 38.8 Å². The van der Waals surface area contributed by atoms with Gasteiger partial charge >= 0.3 is 0 Å². The molecular formula is C14H26N2O3. The molecule has 1 amide bonds. The Morgan fingerprint density at radius 1 is 1.26 bits per heavy atom. The quantitative estimate of drug-likeness (QED) is 0.738. The first-order valence-corrected chi connectivity index (χ1v) is 7.50. The molecule has 0 bridgehead atoms. The van der Waals surface area contributed by atoms with Crippen LogP contribution in [0.2, 0.25) is 0 Å². The van der Waals surface area contributed by atoms with Crippen molar-refractivity contribution in [2.75, 3.05) is 39.4 Å². The van der Waals surface area contributed by atoms with Crippen LogP contribution in [0.25, 0.3) is 0 Å². The molecule has 0 aromatic carbocycles. The van der Waals surface area contributed by atoms with Gasteiger partial charge < -0.3 is 14.7 Å². The number of carbonyl (C=O) groups is 1. The molecule has 19 heavy (non-hydrogen) atoms. The first-order chi connectivity index (χ1) is 9.22. The number of aliphatic hydroxyl groups excluding tert-OH is 1. The van der Waals surface area contributed by atoms with E-state index in [0.717, 1.165) is 51.9 Å². The van der Waals surface area contributed by atoms with Gasteiger partial charge in [-0.15, -0.1) is 0 Å². The van der Waals surface area contributed by atoms with Crippen molar-refractivity contribution in [3.8, 4) is 0 Å². The summed E-state index contributed by atoms with van der Waals surface area (Å²) in [4.78, 5) is 16.1. The van der Waals surface area contributed by atoms with Crippen LogP contribution in [0, 0.1) is 0 Å². The maximum absolute atomic E-state index is 11.9. The Balaban J connectivity index is 1.71. The summed E-state index contributed by atoms with van der Waals surface area (Å²) >= 11 is 0. The Labute approximate surface area is 115 Å². The molecule has 1 aliphatic carbocycles. The Bertz CT molecular complexity index is 290. The fourth-order valence-electron chi connectivity index (χ4n) is 3.04. The second-order valence-electron chi connectivity index (χ2n) is 5.53. The van der Waals surface area contributed by atoms with Crippen LogP contribution < -0.4 is 0 Å². The monoisotopic (exact) mass is 270 g/mol. The molecule has 1 aliphatic heterocycles. The number of rotatable bonds is 5. The maximum atomic E-state index is 11.9. The normalized spacial score (nSPS) is 28.8. The van der Waals surface area contributed by atoms with E-state index in [2.05, 4.69) is 4.90 Å². The van der Waals surface area contributed by atoms with E-state index in [1.165, 1.54) is 0 Å². The molecule has 0 spiro atoms. The van der Waals surface area contributed by atoms with E-state index in [-0.39, 0.29) is 18.6 Å². The number of nitrogens with zero attached hydrogens (tertiary/aromatic N) is 2. The molecule has 5 heteroatoms. The van der Waals surface area contributed by atoms with Crippen molar-refractivity contribution in [1.29, 1.82) is 0 Å². The van der Waals surface area contributed by atoms with Crippen LogP contribution in [-0.4, -0.2) is 72.4 Å². The van der Waals surface area contributed by atoms with Crippen molar-refractivity contribution in [2.45, 2.75) is 44.8 Å². The second-order valence-corrected chi connectivity index (χ2v) is 5.53. The summed E-state index contributed by atoms with van der Waals surface area (Å²) in [6, 6.07) is 0.314. The SMILES string of the molecule is CCCOCC(=O)N1CCN([C@@H]2CCC[C@@H]2O)CC1. The fraction of sp³-hybridized carbons (Fsp3) is 0.929. The topological polar surface area (TPSA) is 53.0 Å². The van der Waals surface area contributed by atoms with Crippen molar-refractivity contribution >= 4 is 5.91 Å². The summed E-state index contributed by atoms with van der Waals surface area (Å²) in [6.45, 7) is 6.17. The third-order valence-electron chi connectivity index (χ3n) is 4.15. The van der Waals surface area contributed by atoms with Gasteiger partial charge in [0.15, 0.2) is 0 Å². The van der Waals surface area contributed by atoms with Gasteiger partial charge in [0.05, 0.1) is 6.10 Å². The highest BCUT2D eigenvalue weighted by molar-refractivity contribution is 5.77. The van der Waals surface area contributed by atoms with Crippen molar-refractivity contribution in [3.05, 3.63) is 0 Å². The number of carbonyl (C=O) groups excluding carboxylic acids is 1. The van der Waals surface area contributed by atoms with Gasteiger partial charge in [-0.1, -0.05) is 6.92 Å². The lowest BCUT2D eigenvalue weighted by Gasteiger charge is -2.39. The molecule has 2 rings (SSSR count). The van der Waals surface area contributed by atoms with E-state index in [1.807, 2.05) is 11.8 Å². The number of hydrogen-bond acceptors (Lipinski definition) is 4. The average molecular weight is 270 g/mol. The van der Waals surface area contributed by atoms with Crippen molar-refractivity contribution in [2.24, 2.45) is 0 Å². The van der Waals surface area contributed by atoms with E-state index in [4.69, 9.17) is 4.74 Å². The Morgan fingerprint density at radius 2 is 2.00 bits per heavy atom. The van der Waals surface area contributed by atoms with Crippen LogP contribution in [-0.2, 0) is 9.53 Å². The molecule has 110 valence electrons. The maximum Gasteiger partial charge on any atom is 0.248 e. The van der Waals surface area contributed by atoms with E-state index in [1.54, 1.807) is 0 Å². The Morgan fingerprint density at radius 3 is 2.58 bits per heavy atom. The number of hydrogen-bond donors (Lipinski definition) is 1. The van der Waals surface area contributed by atoms with E-state index >= 15 is 0 Å². The highest BCUT2D eigenvalue weighted by Gasteiger charge is 2.33. The zero-order chi connectivity index (χ0) is 13.7. The number of piperazine rings is 1. The summed E-state index contributed by atoms with van der Waals surface area (Å²) in [5, 5.41) is 9.92. The lowest BCUT2D eigenvalue weighted by Crippen LogP contribution is -2.54. The molecule has 0 radical (unpaired) electrons. The molecule has 2 aliphatic rings. The summed E-state index contributed by atoms with van der Waals surface area (Å²) in [5.41, 5.74) is 0. The van der Waals surface area contributed by atoms with Gasteiger partial charge in [0.25, 0.3) is 0 Å². The predicted octanol–water partition coefficient (Wildman–Crippen LogP) is 0.471. The van der Waals surface area contributed by atoms with Gasteiger partial charge in [-0.3, -0.25) is 9.69 Å². The van der Waals surface area contributed by atoms with Crippen LogP contribution in [0.1, 0.15) is 32.6 Å². The Hall–Kier alpha value is -0.650. The molecule has 2 fully saturated rings. The minimum atomic E-state index is -0.171. The molecular weight excluding hydrogens is 244 g/mol. The molecule has 1 N–H and O–H groups in total. The van der Waals surface area contributed by atoms with Crippen molar-refractivity contribution < 1.29 is 14.6 Å². The van der Waals surface area contributed by atoms with E-state index in [0.29, 0.717) is 12.6 Å². The van der Waals surface area contributed by atoms with Crippen LogP contribution in [0.4, 0.5) is 0 Å². The standard InChI is InChI=1S/C14H26N2O3/c1-2-10-19-11-14(18)16-8-6-15(7-9-16)12-4-3-5-13(12)17/h12-13,17H,2-11H2,1H3/t12-,13+/m1/s1. The average Bonchev–Trinajstić information content (AvgIpc) is 2.85. The highest BCUT2D eigenvalue weighted by atomic mass is 16.5. The molecule has 2 atom stereocenters. The fourth-order valence-corrected chi connectivity index (χ4v) is 3.04. The van der Waals surface area contributed by atoms with Gasteiger partial charge in [0.2, 0.25) is 5.91 Å². The summed E-state index contributed by atoms with van der Waals surface area (Å²) in [5.74, 6) is 0.0973. The molecule has 0 aromatic rings. The van der Waals surface area contributed by atoms with Crippen molar-refractivity contribution in [3.63, 3.8) is 0 Å². The van der Waals surface area contributed by atoms with Gasteiger partial charge in [-0.25, -0.2) is 0 Å². The minimum absolute atomic E-state index is 0.0973. The van der Waals surface area contributed by atoms with Crippen LogP contribution in [0.3, 0.4) is 0 Å². The molecule has 5 nitrogen and oxygen atoms in total. The smallest absolute Gasteiger partial charge is 0.248 e. The third-order valence-corrected chi connectivity index (χ3v) is 4.15. The summed E-state index contributed by atoms with van der Waals surface area (Å²) in [6.07, 6.45) is 3.91. The zero-order valence-corrected chi connectivity index (χ0v) is 11.9. The van der Waals surface area contributed by atoms with Crippen molar-refractivity contribution in [1.82, 2.24) is 9.80 Å². The molecule has 1 saturated carbocycles. The number of aliphatic hydroxyl groups is 1. The number of amides is 1. The molecule has 0 unspecified atom stereocenters. The number of ether oxygens (including phenoxy) is 1. The van der Waals surface area contributed by atoms with Gasteiger partial charge in [-0.05, 0) is 25.7 Å². The lowest BCUT2D eigenvalue weighted by molar-refractivity contribution is -0.138. The first-order valence-electron chi connectivity index (χ1n) is 7.50. The lowest BCUT2D eigenvalue weighted by atomic mass is 10.1. The van der Waals surface area contributed by atoms with Crippen LogP contribution in [0.5, 0.6) is 0 Å². The predicted molar refractivity (Wildman–Crippen MR) is 72.9 cm³/mol. The first kappa shape index (κ1) is 14.8. The zero-order valence-electron chi connectivity index (χ0n) is 11.9. The van der Waals surface area contributed by atoms with Gasteiger partial charge in [-0.2, -0.15) is 0 Å². The largest absolute Gasteiger partial charge is 0.391 e. The third kappa shape index (κ3) is 3.91.